The van der Waals surface area contributed by atoms with E-state index in [1.807, 2.05) is 37.3 Å². The first-order valence-corrected chi connectivity index (χ1v) is 7.91. The van der Waals surface area contributed by atoms with E-state index in [9.17, 15) is 9.90 Å². The molecule has 0 saturated carbocycles. The minimum atomic E-state index is -0.832. The summed E-state index contributed by atoms with van der Waals surface area (Å²) in [6.07, 6.45) is 3.53. The zero-order chi connectivity index (χ0) is 15.5. The Balaban J connectivity index is 2.10. The average molecular weight is 289 g/mol. The first-order chi connectivity index (χ1) is 9.89. The number of benzene rings is 1. The Morgan fingerprint density at radius 1 is 1.29 bits per heavy atom. The van der Waals surface area contributed by atoms with Gasteiger partial charge < -0.3 is 10.0 Å². The molecule has 1 aliphatic heterocycles. The number of rotatable bonds is 5. The molecule has 2 rings (SSSR count). The van der Waals surface area contributed by atoms with Crippen molar-refractivity contribution in [3.63, 3.8) is 0 Å². The van der Waals surface area contributed by atoms with Gasteiger partial charge in [-0.2, -0.15) is 0 Å². The van der Waals surface area contributed by atoms with Crippen molar-refractivity contribution in [2.24, 2.45) is 5.41 Å². The summed E-state index contributed by atoms with van der Waals surface area (Å²) in [7, 11) is 0. The molecule has 1 aromatic carbocycles. The molecule has 0 radical (unpaired) electrons. The highest BCUT2D eigenvalue weighted by Crippen LogP contribution is 2.35. The predicted octanol–water partition coefficient (Wildman–Crippen LogP) is 3.54. The molecule has 116 valence electrons. The van der Waals surface area contributed by atoms with Gasteiger partial charge in [0.25, 0.3) is 0 Å². The van der Waals surface area contributed by atoms with Gasteiger partial charge in [-0.3, -0.25) is 4.79 Å². The number of hydrogen-bond acceptors (Lipinski definition) is 2. The molecule has 1 fully saturated rings. The number of piperidine rings is 1. The van der Waals surface area contributed by atoms with Gasteiger partial charge in [0.05, 0.1) is 0 Å². The van der Waals surface area contributed by atoms with E-state index in [-0.39, 0.29) is 0 Å². The van der Waals surface area contributed by atoms with Crippen LogP contribution in [-0.4, -0.2) is 35.6 Å². The molecule has 0 aliphatic carbocycles. The zero-order valence-corrected chi connectivity index (χ0v) is 13.4. The van der Waals surface area contributed by atoms with Crippen LogP contribution in [0.15, 0.2) is 30.3 Å². The van der Waals surface area contributed by atoms with Crippen LogP contribution in [0.1, 0.15) is 45.6 Å². The molecule has 1 atom stereocenters. The molecule has 1 aliphatic rings. The van der Waals surface area contributed by atoms with Crippen molar-refractivity contribution in [3.8, 4) is 0 Å². The fourth-order valence-electron chi connectivity index (χ4n) is 3.14. The van der Waals surface area contributed by atoms with E-state index in [4.69, 9.17) is 0 Å². The van der Waals surface area contributed by atoms with Crippen LogP contribution in [0, 0.1) is 5.41 Å². The van der Waals surface area contributed by atoms with Gasteiger partial charge in [-0.1, -0.05) is 50.6 Å². The van der Waals surface area contributed by atoms with Gasteiger partial charge in [-0.25, -0.2) is 0 Å². The van der Waals surface area contributed by atoms with Crippen LogP contribution in [0.5, 0.6) is 0 Å². The van der Waals surface area contributed by atoms with E-state index in [1.54, 1.807) is 0 Å². The Labute approximate surface area is 128 Å². The van der Waals surface area contributed by atoms with Crippen LogP contribution in [0.3, 0.4) is 0 Å². The highest BCUT2D eigenvalue weighted by atomic mass is 16.4. The molecular formula is C18H27NO2. The summed E-state index contributed by atoms with van der Waals surface area (Å²) in [6, 6.07) is 9.61. The Hall–Kier alpha value is -1.35. The molecule has 1 N–H and O–H groups in total. The molecule has 1 aromatic rings. The largest absolute Gasteiger partial charge is 0.481 e. The lowest BCUT2D eigenvalue weighted by Gasteiger charge is -2.41. The highest BCUT2D eigenvalue weighted by Gasteiger charge is 2.39. The molecule has 0 spiro atoms. The minimum absolute atomic E-state index is 0.433. The van der Waals surface area contributed by atoms with Crippen molar-refractivity contribution < 1.29 is 9.90 Å². The number of carboxylic acid groups (broad SMARTS) is 1. The first-order valence-electron chi connectivity index (χ1n) is 7.91. The van der Waals surface area contributed by atoms with Gasteiger partial charge in [-0.15, -0.1) is 0 Å². The van der Waals surface area contributed by atoms with E-state index in [0.717, 1.165) is 31.5 Å². The van der Waals surface area contributed by atoms with Crippen molar-refractivity contribution in [1.29, 1.82) is 0 Å². The second-order valence-electron chi connectivity index (χ2n) is 6.94. The van der Waals surface area contributed by atoms with E-state index in [2.05, 4.69) is 18.7 Å². The van der Waals surface area contributed by atoms with Crippen LogP contribution >= 0.6 is 0 Å². The molecule has 1 unspecified atom stereocenters. The predicted molar refractivity (Wildman–Crippen MR) is 85.5 cm³/mol. The first kappa shape index (κ1) is 16.0. The summed E-state index contributed by atoms with van der Waals surface area (Å²) in [5.74, 6) is -0.738. The summed E-state index contributed by atoms with van der Waals surface area (Å²) in [6.45, 7) is 9.03. The fraction of sp³-hybridized carbons (Fsp3) is 0.611. The maximum absolute atomic E-state index is 11.9. The molecule has 3 heteroatoms. The van der Waals surface area contributed by atoms with Crippen LogP contribution < -0.4 is 0 Å². The number of carbonyl (C=O) groups is 1. The molecule has 3 nitrogen and oxygen atoms in total. The number of hydrogen-bond donors (Lipinski definition) is 1. The summed E-state index contributed by atoms with van der Waals surface area (Å²) in [5, 5.41) is 9.74. The summed E-state index contributed by atoms with van der Waals surface area (Å²) in [5.41, 5.74) is 0.491. The van der Waals surface area contributed by atoms with Gasteiger partial charge in [0, 0.05) is 6.54 Å². The monoisotopic (exact) mass is 289 g/mol. The standard InChI is InChI=1S/C18H27NO2/c1-4-17(2)10-12-19(13-11-17)14-18(3,16(20)21)15-8-6-5-7-9-15/h5-9H,4,10-14H2,1-3H3,(H,20,21). The Morgan fingerprint density at radius 2 is 1.86 bits per heavy atom. The molecule has 1 saturated heterocycles. The number of likely N-dealkylation sites (tertiary alicyclic amines) is 1. The summed E-state index contributed by atoms with van der Waals surface area (Å²) >= 11 is 0. The Kier molecular flexibility index (Phi) is 4.72. The van der Waals surface area contributed by atoms with Crippen molar-refractivity contribution >= 4 is 5.97 Å². The van der Waals surface area contributed by atoms with Gasteiger partial charge in [-0.05, 0) is 43.8 Å². The summed E-state index contributed by atoms with van der Waals surface area (Å²) in [4.78, 5) is 14.2. The molecule has 1 heterocycles. The van der Waals surface area contributed by atoms with Crippen molar-refractivity contribution in [2.45, 2.75) is 45.4 Å². The van der Waals surface area contributed by atoms with Crippen LogP contribution in [0.4, 0.5) is 0 Å². The molecule has 0 aromatic heterocycles. The molecular weight excluding hydrogens is 262 g/mol. The normalized spacial score (nSPS) is 21.7. The van der Waals surface area contributed by atoms with Crippen LogP contribution in [-0.2, 0) is 10.2 Å². The maximum atomic E-state index is 11.9. The highest BCUT2D eigenvalue weighted by molar-refractivity contribution is 5.81. The van der Waals surface area contributed by atoms with Crippen LogP contribution in [0.25, 0.3) is 0 Å². The van der Waals surface area contributed by atoms with E-state index in [1.165, 1.54) is 6.42 Å². The molecule has 0 bridgehead atoms. The topological polar surface area (TPSA) is 40.5 Å². The quantitative estimate of drug-likeness (QED) is 0.901. The third kappa shape index (κ3) is 3.46. The van der Waals surface area contributed by atoms with Gasteiger partial charge in [0.2, 0.25) is 0 Å². The number of carboxylic acids is 1. The smallest absolute Gasteiger partial charge is 0.315 e. The third-order valence-electron chi connectivity index (χ3n) is 5.34. The lowest BCUT2D eigenvalue weighted by atomic mass is 9.76. The van der Waals surface area contributed by atoms with Gasteiger partial charge in [0.1, 0.15) is 5.41 Å². The maximum Gasteiger partial charge on any atom is 0.315 e. The fourth-order valence-corrected chi connectivity index (χ4v) is 3.14. The lowest BCUT2D eigenvalue weighted by Crippen LogP contribution is -2.48. The van der Waals surface area contributed by atoms with Crippen molar-refractivity contribution in [2.75, 3.05) is 19.6 Å². The minimum Gasteiger partial charge on any atom is -0.481 e. The Morgan fingerprint density at radius 3 is 2.33 bits per heavy atom. The zero-order valence-electron chi connectivity index (χ0n) is 13.4. The lowest BCUT2D eigenvalue weighted by molar-refractivity contribution is -0.144. The van der Waals surface area contributed by atoms with Crippen LogP contribution in [0.2, 0.25) is 0 Å². The average Bonchev–Trinajstić information content (AvgIpc) is 2.50. The Bertz CT molecular complexity index is 477. The molecule has 21 heavy (non-hydrogen) atoms. The van der Waals surface area contributed by atoms with Gasteiger partial charge >= 0.3 is 5.97 Å². The third-order valence-corrected chi connectivity index (χ3v) is 5.34. The van der Waals surface area contributed by atoms with E-state index >= 15 is 0 Å². The van der Waals surface area contributed by atoms with Gasteiger partial charge in [0.15, 0.2) is 0 Å². The summed E-state index contributed by atoms with van der Waals surface area (Å²) < 4.78 is 0. The SMILES string of the molecule is CCC1(C)CCN(CC(C)(C(=O)O)c2ccccc2)CC1. The molecule has 0 amide bonds. The van der Waals surface area contributed by atoms with E-state index in [0.29, 0.717) is 12.0 Å². The van der Waals surface area contributed by atoms with Crippen molar-refractivity contribution in [3.05, 3.63) is 35.9 Å². The van der Waals surface area contributed by atoms with Crippen molar-refractivity contribution in [1.82, 2.24) is 4.90 Å². The van der Waals surface area contributed by atoms with E-state index < -0.39 is 11.4 Å². The number of nitrogens with zero attached hydrogens (tertiary/aromatic N) is 1. The second-order valence-corrected chi connectivity index (χ2v) is 6.94. The second kappa shape index (κ2) is 6.18. The number of aliphatic carboxylic acids is 1.